The molecule has 1 aliphatic heterocycles. The van der Waals surface area contributed by atoms with Crippen molar-refractivity contribution in [1.82, 2.24) is 4.90 Å². The number of benzene rings is 1. The van der Waals surface area contributed by atoms with Gasteiger partial charge < -0.3 is 9.64 Å². The topological polar surface area (TPSA) is 46.9 Å². The Bertz CT molecular complexity index is 752. The highest BCUT2D eigenvalue weighted by Crippen LogP contribution is 2.16. The number of ether oxygens (including phenoxy) is 1. The van der Waals surface area contributed by atoms with Crippen molar-refractivity contribution in [3.05, 3.63) is 59.3 Å². The number of carbonyl (C=O) groups excluding carboxylic acids is 1. The van der Waals surface area contributed by atoms with Gasteiger partial charge in [0.25, 0.3) is 11.7 Å². The lowest BCUT2D eigenvalue weighted by Crippen LogP contribution is -2.40. The number of hydrogen-bond acceptors (Lipinski definition) is 3. The number of amides is 1. The molecule has 0 spiro atoms. The molecule has 0 bridgehead atoms. The molecule has 1 aromatic heterocycles. The van der Waals surface area contributed by atoms with E-state index in [0.29, 0.717) is 18.0 Å². The molecule has 1 aliphatic rings. The number of nitrogens with zero attached hydrogens (tertiary/aromatic N) is 2. The van der Waals surface area contributed by atoms with E-state index >= 15 is 0 Å². The number of carbonyl (C=O) groups is 1. The van der Waals surface area contributed by atoms with Crippen LogP contribution >= 0.6 is 0 Å². The summed E-state index contributed by atoms with van der Waals surface area (Å²) in [5.74, 6) is 1.51. The number of aromatic nitrogens is 1. The molecule has 1 N–H and O–H groups in total. The van der Waals surface area contributed by atoms with Crippen LogP contribution in [0.1, 0.15) is 35.3 Å². The molecule has 2 heterocycles. The predicted molar refractivity (Wildman–Crippen MR) is 107 cm³/mol. The van der Waals surface area contributed by atoms with E-state index in [1.54, 1.807) is 0 Å². The van der Waals surface area contributed by atoms with Crippen LogP contribution in [-0.4, -0.2) is 43.7 Å². The summed E-state index contributed by atoms with van der Waals surface area (Å²) in [6, 6.07) is 12.2. The van der Waals surface area contributed by atoms with Crippen molar-refractivity contribution in [2.75, 3.05) is 37.7 Å². The Labute approximate surface area is 162 Å². The van der Waals surface area contributed by atoms with Gasteiger partial charge >= 0.3 is 0 Å². The van der Waals surface area contributed by atoms with Crippen LogP contribution in [0.2, 0.25) is 0 Å². The molecule has 1 fully saturated rings. The van der Waals surface area contributed by atoms with E-state index in [0.717, 1.165) is 38.7 Å². The molecule has 5 heteroatoms. The smallest absolute Gasteiger partial charge is 0.274 e. The first kappa shape index (κ1) is 19.4. The summed E-state index contributed by atoms with van der Waals surface area (Å²) < 4.78 is 5.40. The summed E-state index contributed by atoms with van der Waals surface area (Å²) in [7, 11) is 0. The van der Waals surface area contributed by atoms with Gasteiger partial charge in [0.2, 0.25) is 0 Å². The van der Waals surface area contributed by atoms with E-state index in [1.807, 2.05) is 35.4 Å². The highest BCUT2D eigenvalue weighted by Gasteiger charge is 2.22. The number of hydrogen-bond donors (Lipinski definition) is 0. The van der Waals surface area contributed by atoms with Gasteiger partial charge in [-0.1, -0.05) is 38.1 Å². The van der Waals surface area contributed by atoms with Crippen molar-refractivity contribution < 1.29 is 14.5 Å². The molecule has 0 atom stereocenters. The fourth-order valence-electron chi connectivity index (χ4n) is 3.39. The Morgan fingerprint density at radius 1 is 1.19 bits per heavy atom. The van der Waals surface area contributed by atoms with Gasteiger partial charge in [-0.3, -0.25) is 9.69 Å². The second-order valence-electron chi connectivity index (χ2n) is 7.57. The zero-order chi connectivity index (χ0) is 19.2. The highest BCUT2D eigenvalue weighted by molar-refractivity contribution is 5.93. The third kappa shape index (κ3) is 5.07. The fourth-order valence-corrected chi connectivity index (χ4v) is 3.39. The molecule has 27 heavy (non-hydrogen) atoms. The van der Waals surface area contributed by atoms with Crippen LogP contribution in [0.3, 0.4) is 0 Å². The second-order valence-corrected chi connectivity index (χ2v) is 7.57. The van der Waals surface area contributed by atoms with Crippen molar-refractivity contribution in [3.8, 4) is 0 Å². The van der Waals surface area contributed by atoms with Gasteiger partial charge in [-0.25, -0.2) is 4.98 Å². The second kappa shape index (κ2) is 9.00. The number of pyridine rings is 1. The van der Waals surface area contributed by atoms with Gasteiger partial charge in [0.1, 0.15) is 19.3 Å². The summed E-state index contributed by atoms with van der Waals surface area (Å²) in [5, 5.41) is 0. The van der Waals surface area contributed by atoms with Crippen LogP contribution in [0.25, 0.3) is 0 Å². The molecule has 0 aliphatic carbocycles. The van der Waals surface area contributed by atoms with Gasteiger partial charge in [0.05, 0.1) is 18.8 Å². The first-order chi connectivity index (χ1) is 13.0. The number of nitrogens with one attached hydrogen (secondary N) is 1. The lowest BCUT2D eigenvalue weighted by molar-refractivity contribution is -0.364. The van der Waals surface area contributed by atoms with Gasteiger partial charge in [0, 0.05) is 19.2 Å². The lowest BCUT2D eigenvalue weighted by Gasteiger charge is -2.25. The Balaban J connectivity index is 1.75. The van der Waals surface area contributed by atoms with Crippen LogP contribution in [-0.2, 0) is 11.3 Å². The molecular formula is C22H30N3O2+. The van der Waals surface area contributed by atoms with E-state index in [2.05, 4.69) is 42.8 Å². The maximum Gasteiger partial charge on any atom is 0.274 e. The van der Waals surface area contributed by atoms with Crippen molar-refractivity contribution in [2.45, 2.75) is 27.3 Å². The first-order valence-electron chi connectivity index (χ1n) is 9.73. The minimum Gasteiger partial charge on any atom is -0.373 e. The molecule has 1 aromatic carbocycles. The molecule has 144 valence electrons. The van der Waals surface area contributed by atoms with Gasteiger partial charge in [-0.15, -0.1) is 0 Å². The van der Waals surface area contributed by atoms with E-state index < -0.39 is 0 Å². The summed E-state index contributed by atoms with van der Waals surface area (Å²) in [6.45, 7) is 11.0. The third-order valence-corrected chi connectivity index (χ3v) is 4.89. The van der Waals surface area contributed by atoms with Gasteiger partial charge in [-0.2, -0.15) is 0 Å². The Morgan fingerprint density at radius 2 is 1.93 bits per heavy atom. The zero-order valence-corrected chi connectivity index (χ0v) is 16.6. The van der Waals surface area contributed by atoms with Crippen molar-refractivity contribution in [3.63, 3.8) is 0 Å². The maximum absolute atomic E-state index is 13.2. The molecule has 0 unspecified atom stereocenters. The molecule has 3 rings (SSSR count). The molecule has 1 saturated heterocycles. The summed E-state index contributed by atoms with van der Waals surface area (Å²) in [6.07, 6.45) is 1.83. The fraction of sp³-hybridized carbons (Fsp3) is 0.455. The van der Waals surface area contributed by atoms with Crippen LogP contribution in [0.5, 0.6) is 0 Å². The van der Waals surface area contributed by atoms with Crippen LogP contribution in [0, 0.1) is 12.8 Å². The van der Waals surface area contributed by atoms with Crippen LogP contribution in [0.15, 0.2) is 42.6 Å². The minimum absolute atomic E-state index is 0.0664. The Kier molecular flexibility index (Phi) is 6.45. The van der Waals surface area contributed by atoms with Crippen molar-refractivity contribution >= 4 is 11.7 Å². The van der Waals surface area contributed by atoms with E-state index in [9.17, 15) is 4.79 Å². The predicted octanol–water partition coefficient (Wildman–Crippen LogP) is 2.94. The largest absolute Gasteiger partial charge is 0.373 e. The molecule has 2 aromatic rings. The number of morpholine rings is 1. The average molecular weight is 369 g/mol. The normalized spacial score (nSPS) is 14.4. The highest BCUT2D eigenvalue weighted by atomic mass is 16.5. The van der Waals surface area contributed by atoms with E-state index in [1.165, 1.54) is 11.1 Å². The Hall–Kier alpha value is -2.40. The van der Waals surface area contributed by atoms with Crippen molar-refractivity contribution in [2.24, 2.45) is 5.92 Å². The maximum atomic E-state index is 13.2. The molecule has 0 radical (unpaired) electrons. The minimum atomic E-state index is 0.0664. The quantitative estimate of drug-likeness (QED) is 0.788. The standard InChI is InChI=1S/C22H29N3O2/c1-17(2)15-25(16-20-7-5-4-6-18(20)3)22(26)19-8-9-21(23-14-19)24-10-12-27-13-11-24/h4-9,14,17H,10-13,15-16H2,1-3H3/p+1. The number of H-pyrrole nitrogens is 1. The van der Waals surface area contributed by atoms with E-state index in [-0.39, 0.29) is 5.91 Å². The number of aromatic amines is 1. The summed E-state index contributed by atoms with van der Waals surface area (Å²) in [5.41, 5.74) is 3.11. The third-order valence-electron chi connectivity index (χ3n) is 4.89. The SMILES string of the molecule is Cc1ccccc1CN(CC(C)C)C(=O)c1ccc(N2CCOCC2)[nH+]c1. The number of rotatable bonds is 6. The van der Waals surface area contributed by atoms with Crippen molar-refractivity contribution in [1.29, 1.82) is 0 Å². The van der Waals surface area contributed by atoms with Crippen LogP contribution < -0.4 is 9.88 Å². The monoisotopic (exact) mass is 368 g/mol. The molecule has 1 amide bonds. The average Bonchev–Trinajstić information content (AvgIpc) is 2.69. The number of anilines is 1. The van der Waals surface area contributed by atoms with Crippen LogP contribution in [0.4, 0.5) is 5.82 Å². The summed E-state index contributed by atoms with van der Waals surface area (Å²) in [4.78, 5) is 20.6. The molecule has 0 saturated carbocycles. The number of aryl methyl sites for hydroxylation is 1. The van der Waals surface area contributed by atoms with E-state index in [4.69, 9.17) is 4.74 Å². The lowest BCUT2D eigenvalue weighted by atomic mass is 10.1. The molecule has 5 nitrogen and oxygen atoms in total. The van der Waals surface area contributed by atoms with Gasteiger partial charge in [0.15, 0.2) is 0 Å². The summed E-state index contributed by atoms with van der Waals surface area (Å²) >= 11 is 0. The molecular weight excluding hydrogens is 338 g/mol. The van der Waals surface area contributed by atoms with Gasteiger partial charge in [-0.05, 0) is 30.0 Å². The first-order valence-corrected chi connectivity index (χ1v) is 9.73. The zero-order valence-electron chi connectivity index (χ0n) is 16.6. The Morgan fingerprint density at radius 3 is 2.56 bits per heavy atom.